The first-order valence-corrected chi connectivity index (χ1v) is 8.67. The molecular weight excluding hydrogens is 338 g/mol. The summed E-state index contributed by atoms with van der Waals surface area (Å²) in [6, 6.07) is 0. The minimum atomic E-state index is -2.92. The van der Waals surface area contributed by atoms with Crippen LogP contribution >= 0.6 is 0 Å². The van der Waals surface area contributed by atoms with Crippen LogP contribution in [0.3, 0.4) is 0 Å². The van der Waals surface area contributed by atoms with Crippen LogP contribution in [0.1, 0.15) is 62.9 Å². The van der Waals surface area contributed by atoms with Gasteiger partial charge in [-0.15, -0.1) is 4.99 Å². The number of allylic oxidation sites excluding steroid dienone is 2. The summed E-state index contributed by atoms with van der Waals surface area (Å²) in [7, 11) is 0. The molecule has 0 spiro atoms. The average Bonchev–Trinajstić information content (AvgIpc) is 2.55. The number of carbonyl (C=O) groups excluding carboxylic acids is 2. The van der Waals surface area contributed by atoms with E-state index < -0.39 is 43.1 Å². The number of amides is 2. The molecule has 0 atom stereocenters. The third-order valence-electron chi connectivity index (χ3n) is 3.73. The second-order valence-electron chi connectivity index (χ2n) is 6.70. The number of aliphatic imine (C=N–C) groups is 1. The van der Waals surface area contributed by atoms with Crippen molar-refractivity contribution < 1.29 is 28.3 Å². The molecule has 0 radical (unpaired) electrons. The lowest BCUT2D eigenvalue weighted by Gasteiger charge is -2.27. The van der Waals surface area contributed by atoms with Gasteiger partial charge in [0.05, 0.1) is 0 Å². The highest BCUT2D eigenvalue weighted by Gasteiger charge is 2.24. The lowest BCUT2D eigenvalue weighted by molar-refractivity contribution is -0.157. The van der Waals surface area contributed by atoms with Gasteiger partial charge in [0.2, 0.25) is 11.9 Å². The molecule has 0 aromatic heterocycles. The second kappa shape index (κ2) is 10.6. The van der Waals surface area contributed by atoms with Gasteiger partial charge in [0.25, 0.3) is 0 Å². The Kier molecular flexibility index (Phi) is 6.94. The molecule has 1 aliphatic rings. The van der Waals surface area contributed by atoms with Gasteiger partial charge in [-0.3, -0.25) is 14.9 Å². The zero-order chi connectivity index (χ0) is 22.1. The Bertz CT molecular complexity index is 660. The number of ether oxygens (including phenoxy) is 1. The first-order valence-electron chi connectivity index (χ1n) is 10.2. The quantitative estimate of drug-likeness (QED) is 0.501. The van der Waals surface area contributed by atoms with E-state index in [0.29, 0.717) is 17.7 Å². The molecule has 1 heterocycles. The Balaban J connectivity index is 3.15. The SMILES string of the molecule is [2H]C([2H])([2H])N1CC(=O)OC(C)(C)CCC/C=C/CCCCC(=O)NC1=NC(=O)O. The monoisotopic (exact) mass is 370 g/mol. The van der Waals surface area contributed by atoms with E-state index in [1.807, 2.05) is 12.2 Å². The maximum Gasteiger partial charge on any atom is 0.434 e. The van der Waals surface area contributed by atoms with Gasteiger partial charge < -0.3 is 14.7 Å². The van der Waals surface area contributed by atoms with Gasteiger partial charge in [0, 0.05) is 17.5 Å². The summed E-state index contributed by atoms with van der Waals surface area (Å²) in [5.74, 6) is -2.17. The molecule has 1 aliphatic heterocycles. The van der Waals surface area contributed by atoms with Crippen molar-refractivity contribution in [1.29, 1.82) is 0 Å². The third kappa shape index (κ3) is 9.19. The van der Waals surface area contributed by atoms with Crippen molar-refractivity contribution >= 4 is 23.9 Å². The predicted molar refractivity (Wildman–Crippen MR) is 97.9 cm³/mol. The summed E-state index contributed by atoms with van der Waals surface area (Å²) in [4.78, 5) is 39.2. The van der Waals surface area contributed by atoms with Crippen LogP contribution in [0.25, 0.3) is 0 Å². The van der Waals surface area contributed by atoms with Crippen LogP contribution in [0.15, 0.2) is 17.1 Å². The molecule has 26 heavy (non-hydrogen) atoms. The van der Waals surface area contributed by atoms with Gasteiger partial charge in [0.15, 0.2) is 0 Å². The maximum absolute atomic E-state index is 12.4. The van der Waals surface area contributed by atoms with Crippen molar-refractivity contribution in [2.75, 3.05) is 13.5 Å². The van der Waals surface area contributed by atoms with Crippen molar-refractivity contribution in [2.45, 2.75) is 64.4 Å². The molecule has 146 valence electrons. The summed E-state index contributed by atoms with van der Waals surface area (Å²) in [5, 5.41) is 11.2. The van der Waals surface area contributed by atoms with Gasteiger partial charge in [0.1, 0.15) is 12.1 Å². The molecule has 8 nitrogen and oxygen atoms in total. The largest absolute Gasteiger partial charge is 0.463 e. The molecular formula is C18H29N3O5. The summed E-state index contributed by atoms with van der Waals surface area (Å²) >= 11 is 0. The third-order valence-corrected chi connectivity index (χ3v) is 3.73. The standard InChI is InChI=1S/C18H29N3O5/c1-18(2)12-10-8-6-4-5-7-9-11-14(22)19-16(20-17(24)25)21(3)13-15(23)26-18/h4,6H,5,7-13H2,1-3H3,(H,24,25)(H,19,20,22)/b6-4+/i3D3. The van der Waals surface area contributed by atoms with E-state index in [4.69, 9.17) is 14.0 Å². The van der Waals surface area contributed by atoms with Crippen LogP contribution in [0.5, 0.6) is 0 Å². The van der Waals surface area contributed by atoms with Crippen molar-refractivity contribution in [2.24, 2.45) is 4.99 Å². The average molecular weight is 370 g/mol. The number of likely N-dealkylation sites (N-methyl/N-ethyl adjacent to an activating group) is 1. The number of esters is 1. The van der Waals surface area contributed by atoms with E-state index in [2.05, 4.69) is 10.3 Å². The highest BCUT2D eigenvalue weighted by atomic mass is 16.6. The van der Waals surface area contributed by atoms with E-state index in [0.717, 1.165) is 25.7 Å². The van der Waals surface area contributed by atoms with E-state index in [9.17, 15) is 14.4 Å². The Morgan fingerprint density at radius 1 is 1.31 bits per heavy atom. The molecule has 0 saturated heterocycles. The molecule has 0 saturated carbocycles. The Morgan fingerprint density at radius 2 is 2.00 bits per heavy atom. The molecule has 0 unspecified atom stereocenters. The van der Waals surface area contributed by atoms with Gasteiger partial charge in [-0.2, -0.15) is 0 Å². The number of nitrogens with one attached hydrogen (secondary N) is 1. The molecule has 0 aromatic carbocycles. The Labute approximate surface area is 158 Å². The summed E-state index contributed by atoms with van der Waals surface area (Å²) < 4.78 is 28.3. The first kappa shape index (κ1) is 17.1. The lowest BCUT2D eigenvalue weighted by Crippen LogP contribution is -2.45. The van der Waals surface area contributed by atoms with Crippen LogP contribution in [0.4, 0.5) is 4.79 Å². The molecule has 0 aliphatic carbocycles. The van der Waals surface area contributed by atoms with Crippen LogP contribution < -0.4 is 5.32 Å². The van der Waals surface area contributed by atoms with E-state index in [1.54, 1.807) is 13.8 Å². The number of cyclic esters (lactones) is 1. The molecule has 0 aromatic rings. The molecule has 1 rings (SSSR count). The number of rotatable bonds is 0. The zero-order valence-corrected chi connectivity index (χ0v) is 15.3. The van der Waals surface area contributed by atoms with Crippen molar-refractivity contribution in [3.05, 3.63) is 12.2 Å². The summed E-state index contributed by atoms with van der Waals surface area (Å²) in [6.45, 7) is -0.267. The number of carboxylic acid groups (broad SMARTS) is 1. The van der Waals surface area contributed by atoms with Crippen LogP contribution in [-0.2, 0) is 14.3 Å². The van der Waals surface area contributed by atoms with Gasteiger partial charge in [-0.1, -0.05) is 12.2 Å². The summed E-state index contributed by atoms with van der Waals surface area (Å²) in [6.07, 6.45) is 6.71. The van der Waals surface area contributed by atoms with Gasteiger partial charge in [-0.05, 0) is 52.4 Å². The van der Waals surface area contributed by atoms with Crippen LogP contribution in [0.2, 0.25) is 0 Å². The van der Waals surface area contributed by atoms with E-state index >= 15 is 0 Å². The minimum absolute atomic E-state index is 0.0683. The van der Waals surface area contributed by atoms with E-state index in [-0.39, 0.29) is 6.42 Å². The summed E-state index contributed by atoms with van der Waals surface area (Å²) in [5.41, 5.74) is -0.827. The molecule has 0 bridgehead atoms. The van der Waals surface area contributed by atoms with E-state index in [1.165, 1.54) is 0 Å². The number of carbonyl (C=O) groups is 3. The topological polar surface area (TPSA) is 108 Å². The predicted octanol–water partition coefficient (Wildman–Crippen LogP) is 2.69. The second-order valence-corrected chi connectivity index (χ2v) is 6.70. The van der Waals surface area contributed by atoms with Crippen LogP contribution in [0, 0.1) is 0 Å². The lowest BCUT2D eigenvalue weighted by atomic mass is 10.0. The van der Waals surface area contributed by atoms with Crippen LogP contribution in [-0.4, -0.2) is 53.1 Å². The number of nitrogens with zero attached hydrogens (tertiary/aromatic N) is 2. The highest BCUT2D eigenvalue weighted by molar-refractivity contribution is 6.01. The fourth-order valence-electron chi connectivity index (χ4n) is 2.46. The van der Waals surface area contributed by atoms with Crippen molar-refractivity contribution in [3.8, 4) is 0 Å². The fourth-order valence-corrected chi connectivity index (χ4v) is 2.46. The number of guanidine groups is 1. The first-order chi connectivity index (χ1) is 13.4. The molecule has 8 heteroatoms. The van der Waals surface area contributed by atoms with Crippen molar-refractivity contribution in [3.63, 3.8) is 0 Å². The molecule has 2 amide bonds. The number of hydrogen-bond donors (Lipinski definition) is 2. The Morgan fingerprint density at radius 3 is 2.65 bits per heavy atom. The zero-order valence-electron chi connectivity index (χ0n) is 18.3. The van der Waals surface area contributed by atoms with Gasteiger partial charge >= 0.3 is 12.1 Å². The molecule has 0 fully saturated rings. The van der Waals surface area contributed by atoms with Crippen molar-refractivity contribution in [1.82, 2.24) is 10.2 Å². The molecule has 2 N–H and O–H groups in total. The van der Waals surface area contributed by atoms with Gasteiger partial charge in [-0.25, -0.2) is 4.79 Å². The Hall–Kier alpha value is -2.38. The highest BCUT2D eigenvalue weighted by Crippen LogP contribution is 2.19. The minimum Gasteiger partial charge on any atom is -0.463 e. The smallest absolute Gasteiger partial charge is 0.434 e. The number of hydrogen-bond acceptors (Lipinski definition) is 4. The maximum atomic E-state index is 12.4. The normalized spacial score (nSPS) is 25.8. The fraction of sp³-hybridized carbons (Fsp3) is 0.667.